The third-order valence-electron chi connectivity index (χ3n) is 6.49. The van der Waals surface area contributed by atoms with Gasteiger partial charge in [-0.25, -0.2) is 0 Å². The molecule has 1 aromatic rings. The highest BCUT2D eigenvalue weighted by molar-refractivity contribution is 7.09. The number of hydrogen-bond acceptors (Lipinski definition) is 5. The van der Waals surface area contributed by atoms with Crippen molar-refractivity contribution in [3.8, 4) is 0 Å². The van der Waals surface area contributed by atoms with Crippen LogP contribution in [0.1, 0.15) is 43.4 Å². The lowest BCUT2D eigenvalue weighted by atomic mass is 9.79. The molecule has 3 aliphatic heterocycles. The van der Waals surface area contributed by atoms with Gasteiger partial charge in [-0.1, -0.05) is 6.07 Å². The molecule has 28 heavy (non-hydrogen) atoms. The van der Waals surface area contributed by atoms with Gasteiger partial charge in [0.15, 0.2) is 0 Å². The number of ether oxygens (including phenoxy) is 1. The van der Waals surface area contributed by atoms with E-state index in [0.717, 1.165) is 37.5 Å². The van der Waals surface area contributed by atoms with Crippen LogP contribution in [0, 0.1) is 5.41 Å². The highest BCUT2D eigenvalue weighted by Crippen LogP contribution is 2.32. The molecule has 0 bridgehead atoms. The first-order valence-corrected chi connectivity index (χ1v) is 11.4. The van der Waals surface area contributed by atoms with Gasteiger partial charge in [-0.15, -0.1) is 11.3 Å². The van der Waals surface area contributed by atoms with E-state index in [1.807, 2.05) is 17.5 Å². The normalized spacial score (nSPS) is 25.4. The van der Waals surface area contributed by atoms with Gasteiger partial charge in [0.1, 0.15) is 6.04 Å². The van der Waals surface area contributed by atoms with Gasteiger partial charge in [-0.2, -0.15) is 0 Å². The molecule has 1 unspecified atom stereocenters. The number of likely N-dealkylation sites (tertiary alicyclic amines) is 2. The highest BCUT2D eigenvalue weighted by Gasteiger charge is 2.39. The highest BCUT2D eigenvalue weighted by atomic mass is 32.1. The third kappa shape index (κ3) is 4.58. The second kappa shape index (κ2) is 8.93. The predicted octanol–water partition coefficient (Wildman–Crippen LogP) is 2.25. The lowest BCUT2D eigenvalue weighted by molar-refractivity contribution is -0.136. The van der Waals surface area contributed by atoms with Gasteiger partial charge in [0.25, 0.3) is 0 Å². The number of amides is 2. The number of nitrogens with zero attached hydrogens (tertiary/aromatic N) is 2. The van der Waals surface area contributed by atoms with Gasteiger partial charge < -0.3 is 19.9 Å². The number of hydrogen-bond donors (Lipinski definition) is 1. The zero-order chi connectivity index (χ0) is 19.4. The summed E-state index contributed by atoms with van der Waals surface area (Å²) in [6.07, 6.45) is 5.63. The molecule has 4 rings (SSSR count). The first kappa shape index (κ1) is 19.9. The van der Waals surface area contributed by atoms with Crippen LogP contribution in [0.25, 0.3) is 0 Å². The second-order valence-corrected chi connectivity index (χ2v) is 9.50. The summed E-state index contributed by atoms with van der Waals surface area (Å²) >= 11 is 1.63. The Bertz CT molecular complexity index is 666. The van der Waals surface area contributed by atoms with E-state index < -0.39 is 0 Å². The average molecular weight is 406 g/mol. The number of thiophene rings is 1. The third-order valence-corrected chi connectivity index (χ3v) is 7.35. The van der Waals surface area contributed by atoms with Crippen LogP contribution >= 0.6 is 11.3 Å². The second-order valence-electron chi connectivity index (χ2n) is 8.47. The monoisotopic (exact) mass is 405 g/mol. The molecule has 0 radical (unpaired) electrons. The molecule has 7 heteroatoms. The van der Waals surface area contributed by atoms with Gasteiger partial charge in [-0.3, -0.25) is 9.59 Å². The largest absolute Gasteiger partial charge is 0.381 e. The van der Waals surface area contributed by atoms with Crippen LogP contribution in [-0.4, -0.2) is 67.0 Å². The van der Waals surface area contributed by atoms with Gasteiger partial charge in [0.05, 0.1) is 6.54 Å². The Labute approximate surface area is 171 Å². The fourth-order valence-electron chi connectivity index (χ4n) is 4.78. The molecule has 1 N–H and O–H groups in total. The molecular formula is C21H31N3O3S. The van der Waals surface area contributed by atoms with Crippen LogP contribution in [0.3, 0.4) is 0 Å². The van der Waals surface area contributed by atoms with Crippen molar-refractivity contribution >= 4 is 23.2 Å². The minimum absolute atomic E-state index is 0.00898. The van der Waals surface area contributed by atoms with Gasteiger partial charge >= 0.3 is 0 Å². The van der Waals surface area contributed by atoms with Crippen LogP contribution in [0.5, 0.6) is 0 Å². The SMILES string of the molecule is O=C(NCC1(CN2CCCC2)CCOCC1)C1CCC(=O)N1Cc1cccs1. The Hall–Kier alpha value is -1.44. The summed E-state index contributed by atoms with van der Waals surface area (Å²) in [5.41, 5.74) is 0.0967. The molecule has 4 heterocycles. The zero-order valence-electron chi connectivity index (χ0n) is 16.5. The van der Waals surface area contributed by atoms with Crippen LogP contribution < -0.4 is 5.32 Å². The van der Waals surface area contributed by atoms with E-state index in [-0.39, 0.29) is 23.3 Å². The Morgan fingerprint density at radius 3 is 2.79 bits per heavy atom. The van der Waals surface area contributed by atoms with Crippen molar-refractivity contribution in [2.75, 3.05) is 39.4 Å². The number of rotatable bonds is 7. The lowest BCUT2D eigenvalue weighted by Gasteiger charge is -2.40. The summed E-state index contributed by atoms with van der Waals surface area (Å²) in [6.45, 7) is 6.15. The lowest BCUT2D eigenvalue weighted by Crippen LogP contribution is -2.51. The van der Waals surface area contributed by atoms with Crippen molar-refractivity contribution in [2.24, 2.45) is 5.41 Å². The summed E-state index contributed by atoms with van der Waals surface area (Å²) in [7, 11) is 0. The van der Waals surface area contributed by atoms with E-state index in [1.165, 1.54) is 25.9 Å². The maximum absolute atomic E-state index is 13.0. The van der Waals surface area contributed by atoms with E-state index in [9.17, 15) is 9.59 Å². The smallest absolute Gasteiger partial charge is 0.242 e. The average Bonchev–Trinajstić information content (AvgIpc) is 3.46. The minimum Gasteiger partial charge on any atom is -0.381 e. The number of carbonyl (C=O) groups excluding carboxylic acids is 2. The summed E-state index contributed by atoms with van der Waals surface area (Å²) in [5.74, 6) is 0.0982. The minimum atomic E-state index is -0.335. The molecule has 2 amide bonds. The van der Waals surface area contributed by atoms with E-state index >= 15 is 0 Å². The molecule has 3 aliphatic rings. The zero-order valence-corrected chi connectivity index (χ0v) is 17.3. The van der Waals surface area contributed by atoms with Crippen LogP contribution in [0.4, 0.5) is 0 Å². The Balaban J connectivity index is 1.37. The topological polar surface area (TPSA) is 61.9 Å². The summed E-state index contributed by atoms with van der Waals surface area (Å²) in [4.78, 5) is 30.8. The van der Waals surface area contributed by atoms with E-state index in [1.54, 1.807) is 16.2 Å². The summed E-state index contributed by atoms with van der Waals surface area (Å²) in [5, 5.41) is 5.24. The molecule has 154 valence electrons. The Morgan fingerprint density at radius 2 is 2.07 bits per heavy atom. The molecular weight excluding hydrogens is 374 g/mol. The van der Waals surface area contributed by atoms with Gasteiger partial charge in [0, 0.05) is 43.0 Å². The molecule has 1 atom stereocenters. The molecule has 3 saturated heterocycles. The molecule has 6 nitrogen and oxygen atoms in total. The molecule has 0 spiro atoms. The standard InChI is InChI=1S/C21H31N3O3S/c25-19-6-5-18(24(19)14-17-4-3-13-28-17)20(26)22-15-21(7-11-27-12-8-21)16-23-9-1-2-10-23/h3-4,13,18H,1-2,5-12,14-16H2,(H,22,26). The van der Waals surface area contributed by atoms with E-state index in [2.05, 4.69) is 10.2 Å². The summed E-state index contributed by atoms with van der Waals surface area (Å²) < 4.78 is 5.60. The van der Waals surface area contributed by atoms with E-state index in [4.69, 9.17) is 4.74 Å². The molecule has 0 aliphatic carbocycles. The fourth-order valence-corrected chi connectivity index (χ4v) is 5.48. The van der Waals surface area contributed by atoms with Crippen LogP contribution in [0.15, 0.2) is 17.5 Å². The van der Waals surface area contributed by atoms with Crippen molar-refractivity contribution in [1.29, 1.82) is 0 Å². The first-order valence-electron chi connectivity index (χ1n) is 10.5. The number of carbonyl (C=O) groups is 2. The molecule has 3 fully saturated rings. The molecule has 0 aromatic carbocycles. The quantitative estimate of drug-likeness (QED) is 0.756. The van der Waals surface area contributed by atoms with Crippen molar-refractivity contribution in [3.63, 3.8) is 0 Å². The van der Waals surface area contributed by atoms with Crippen molar-refractivity contribution in [3.05, 3.63) is 22.4 Å². The van der Waals surface area contributed by atoms with Crippen LogP contribution in [0.2, 0.25) is 0 Å². The first-order chi connectivity index (χ1) is 13.7. The maximum atomic E-state index is 13.0. The molecule has 1 aromatic heterocycles. The van der Waals surface area contributed by atoms with E-state index in [0.29, 0.717) is 25.9 Å². The van der Waals surface area contributed by atoms with Gasteiger partial charge in [-0.05, 0) is 56.6 Å². The Kier molecular flexibility index (Phi) is 6.33. The van der Waals surface area contributed by atoms with Crippen molar-refractivity contribution in [1.82, 2.24) is 15.1 Å². The fraction of sp³-hybridized carbons (Fsp3) is 0.714. The maximum Gasteiger partial charge on any atom is 0.242 e. The Morgan fingerprint density at radius 1 is 1.29 bits per heavy atom. The molecule has 0 saturated carbocycles. The van der Waals surface area contributed by atoms with Crippen molar-refractivity contribution < 1.29 is 14.3 Å². The van der Waals surface area contributed by atoms with Crippen LogP contribution in [-0.2, 0) is 20.9 Å². The van der Waals surface area contributed by atoms with Gasteiger partial charge in [0.2, 0.25) is 11.8 Å². The predicted molar refractivity (Wildman–Crippen MR) is 109 cm³/mol. The van der Waals surface area contributed by atoms with Crippen molar-refractivity contribution in [2.45, 2.75) is 51.1 Å². The summed E-state index contributed by atoms with van der Waals surface area (Å²) in [6, 6.07) is 3.68. The number of nitrogens with one attached hydrogen (secondary N) is 1.